The smallest absolute Gasteiger partial charge is 0.243 e. The molecule has 2 N–H and O–H groups in total. The van der Waals surface area contributed by atoms with Crippen molar-refractivity contribution in [3.63, 3.8) is 0 Å². The molecule has 0 spiro atoms. The highest BCUT2D eigenvalue weighted by Crippen LogP contribution is 2.27. The average Bonchev–Trinajstić information content (AvgIpc) is 2.54. The summed E-state index contributed by atoms with van der Waals surface area (Å²) in [6, 6.07) is 13.6. The monoisotopic (exact) mass is 312 g/mol. The Hall–Kier alpha value is -2.49. The summed E-state index contributed by atoms with van der Waals surface area (Å²) in [6.07, 6.45) is 0. The number of hydrogen-bond acceptors (Lipinski definition) is 3. The maximum atomic E-state index is 12.3. The summed E-state index contributed by atoms with van der Waals surface area (Å²) in [5.74, 6) is 0.999. The zero-order valence-corrected chi connectivity index (χ0v) is 14.1. The molecule has 0 aliphatic heterocycles. The van der Waals surface area contributed by atoms with Crippen molar-refractivity contribution in [2.75, 3.05) is 24.3 Å². The van der Waals surface area contributed by atoms with Crippen molar-refractivity contribution in [3.05, 3.63) is 53.6 Å². The van der Waals surface area contributed by atoms with Gasteiger partial charge in [0.15, 0.2) is 0 Å². The second-order valence-electron chi connectivity index (χ2n) is 5.80. The Morgan fingerprint density at radius 1 is 1.13 bits per heavy atom. The molecule has 4 heteroatoms. The van der Waals surface area contributed by atoms with Gasteiger partial charge in [-0.3, -0.25) is 4.79 Å². The highest BCUT2D eigenvalue weighted by Gasteiger charge is 2.12. The molecule has 122 valence electrons. The van der Waals surface area contributed by atoms with Crippen LogP contribution in [0.15, 0.2) is 42.5 Å². The Labute approximate surface area is 137 Å². The molecule has 0 aromatic heterocycles. The summed E-state index contributed by atoms with van der Waals surface area (Å²) in [4.78, 5) is 12.3. The molecule has 0 unspecified atom stereocenters. The number of hydrogen-bond donors (Lipinski definition) is 2. The van der Waals surface area contributed by atoms with E-state index in [1.54, 1.807) is 7.11 Å². The van der Waals surface area contributed by atoms with Crippen molar-refractivity contribution in [1.29, 1.82) is 0 Å². The summed E-state index contributed by atoms with van der Waals surface area (Å²) in [5, 5.41) is 6.14. The first kappa shape index (κ1) is 16.9. The molecule has 2 aromatic carbocycles. The van der Waals surface area contributed by atoms with E-state index in [0.29, 0.717) is 5.92 Å². The van der Waals surface area contributed by atoms with E-state index in [2.05, 4.69) is 30.5 Å². The van der Waals surface area contributed by atoms with Crippen LogP contribution in [0, 0.1) is 6.92 Å². The number of amides is 1. The molecule has 23 heavy (non-hydrogen) atoms. The minimum atomic E-state index is -0.0768. The first-order valence-corrected chi connectivity index (χ1v) is 7.79. The zero-order valence-electron chi connectivity index (χ0n) is 14.1. The van der Waals surface area contributed by atoms with Gasteiger partial charge in [0.2, 0.25) is 5.91 Å². The third-order valence-corrected chi connectivity index (χ3v) is 3.74. The molecule has 0 saturated heterocycles. The third-order valence-electron chi connectivity index (χ3n) is 3.74. The zero-order chi connectivity index (χ0) is 16.8. The van der Waals surface area contributed by atoms with Gasteiger partial charge in [0.1, 0.15) is 5.75 Å². The Morgan fingerprint density at radius 3 is 2.57 bits per heavy atom. The molecule has 0 heterocycles. The first-order chi connectivity index (χ1) is 11.0. The molecule has 0 aliphatic rings. The first-order valence-electron chi connectivity index (χ1n) is 7.79. The van der Waals surface area contributed by atoms with Crippen LogP contribution in [0.25, 0.3) is 0 Å². The number of rotatable bonds is 6. The number of aryl methyl sites for hydroxylation is 1. The van der Waals surface area contributed by atoms with Crippen LogP contribution < -0.4 is 15.4 Å². The number of nitrogens with one attached hydrogen (secondary N) is 2. The van der Waals surface area contributed by atoms with Gasteiger partial charge in [-0.2, -0.15) is 0 Å². The summed E-state index contributed by atoms with van der Waals surface area (Å²) in [6.45, 7) is 6.44. The Kier molecular flexibility index (Phi) is 5.63. The van der Waals surface area contributed by atoms with E-state index in [1.165, 1.54) is 0 Å². The van der Waals surface area contributed by atoms with Crippen molar-refractivity contribution >= 4 is 17.3 Å². The molecule has 1 amide bonds. The normalized spacial score (nSPS) is 10.5. The van der Waals surface area contributed by atoms with E-state index < -0.39 is 0 Å². The lowest BCUT2D eigenvalue weighted by atomic mass is 9.98. The van der Waals surface area contributed by atoms with Crippen LogP contribution in [0.3, 0.4) is 0 Å². The second-order valence-corrected chi connectivity index (χ2v) is 5.80. The Balaban J connectivity index is 2.06. The average molecular weight is 312 g/mol. The number of benzene rings is 2. The molecule has 0 fully saturated rings. The molecule has 0 atom stereocenters. The summed E-state index contributed by atoms with van der Waals surface area (Å²) in [5.41, 5.74) is 3.94. The number of carbonyl (C=O) groups excluding carboxylic acids is 1. The number of ether oxygens (including phenoxy) is 1. The maximum Gasteiger partial charge on any atom is 0.243 e. The van der Waals surface area contributed by atoms with Gasteiger partial charge in [0.25, 0.3) is 0 Å². The highest BCUT2D eigenvalue weighted by molar-refractivity contribution is 5.95. The topological polar surface area (TPSA) is 50.4 Å². The van der Waals surface area contributed by atoms with Gasteiger partial charge >= 0.3 is 0 Å². The summed E-state index contributed by atoms with van der Waals surface area (Å²) in [7, 11) is 1.61. The van der Waals surface area contributed by atoms with Gasteiger partial charge in [0, 0.05) is 5.69 Å². The summed E-state index contributed by atoms with van der Waals surface area (Å²) < 4.78 is 5.27. The van der Waals surface area contributed by atoms with Crippen LogP contribution >= 0.6 is 0 Å². The van der Waals surface area contributed by atoms with Crippen LogP contribution in [0.5, 0.6) is 5.75 Å². The largest absolute Gasteiger partial charge is 0.495 e. The lowest BCUT2D eigenvalue weighted by Gasteiger charge is -2.17. The molecule has 0 bridgehead atoms. The van der Waals surface area contributed by atoms with E-state index >= 15 is 0 Å². The lowest BCUT2D eigenvalue weighted by molar-refractivity contribution is -0.114. The van der Waals surface area contributed by atoms with Crippen molar-refractivity contribution in [2.24, 2.45) is 0 Å². The fraction of sp³-hybridized carbons (Fsp3) is 0.316. The van der Waals surface area contributed by atoms with Gasteiger partial charge in [-0.05, 0) is 36.1 Å². The molecule has 0 aliphatic carbocycles. The Morgan fingerprint density at radius 2 is 1.87 bits per heavy atom. The minimum Gasteiger partial charge on any atom is -0.495 e. The van der Waals surface area contributed by atoms with E-state index in [-0.39, 0.29) is 12.5 Å². The van der Waals surface area contributed by atoms with E-state index in [0.717, 1.165) is 28.3 Å². The number of methoxy groups -OCH3 is 1. The number of anilines is 2. The van der Waals surface area contributed by atoms with Gasteiger partial charge in [-0.25, -0.2) is 0 Å². The fourth-order valence-electron chi connectivity index (χ4n) is 2.49. The fourth-order valence-corrected chi connectivity index (χ4v) is 2.49. The van der Waals surface area contributed by atoms with Crippen LogP contribution in [-0.4, -0.2) is 19.6 Å². The number of para-hydroxylation sites is 3. The standard InChI is InChI=1S/C19H24N2O2/c1-13(2)15-9-7-8-14(3)19(15)21-18(22)12-20-16-10-5-6-11-17(16)23-4/h5-11,13,20H,12H2,1-4H3,(H,21,22). The predicted octanol–water partition coefficient (Wildman–Crippen LogP) is 4.18. The molecule has 2 rings (SSSR count). The van der Waals surface area contributed by atoms with Gasteiger partial charge in [0.05, 0.1) is 19.3 Å². The number of carbonyl (C=O) groups is 1. The van der Waals surface area contributed by atoms with Crippen molar-refractivity contribution in [2.45, 2.75) is 26.7 Å². The van der Waals surface area contributed by atoms with Gasteiger partial charge in [-0.15, -0.1) is 0 Å². The molecule has 0 radical (unpaired) electrons. The Bertz CT molecular complexity index is 681. The van der Waals surface area contributed by atoms with Crippen molar-refractivity contribution < 1.29 is 9.53 Å². The van der Waals surface area contributed by atoms with E-state index in [9.17, 15) is 4.79 Å². The van der Waals surface area contributed by atoms with Crippen LogP contribution in [-0.2, 0) is 4.79 Å². The lowest BCUT2D eigenvalue weighted by Crippen LogP contribution is -2.23. The van der Waals surface area contributed by atoms with Gasteiger partial charge in [-0.1, -0.05) is 44.2 Å². The predicted molar refractivity (Wildman–Crippen MR) is 95.4 cm³/mol. The summed E-state index contributed by atoms with van der Waals surface area (Å²) >= 11 is 0. The van der Waals surface area contributed by atoms with E-state index in [1.807, 2.05) is 43.3 Å². The molecule has 2 aromatic rings. The van der Waals surface area contributed by atoms with Crippen LogP contribution in [0.1, 0.15) is 30.9 Å². The second kappa shape index (κ2) is 7.68. The quantitative estimate of drug-likeness (QED) is 0.841. The molecular formula is C19H24N2O2. The highest BCUT2D eigenvalue weighted by atomic mass is 16.5. The minimum absolute atomic E-state index is 0.0768. The molecule has 4 nitrogen and oxygen atoms in total. The van der Waals surface area contributed by atoms with Crippen molar-refractivity contribution in [3.8, 4) is 5.75 Å². The molecular weight excluding hydrogens is 288 g/mol. The van der Waals surface area contributed by atoms with Crippen molar-refractivity contribution in [1.82, 2.24) is 0 Å². The third kappa shape index (κ3) is 4.25. The molecule has 0 saturated carbocycles. The van der Waals surface area contributed by atoms with E-state index in [4.69, 9.17) is 4.74 Å². The van der Waals surface area contributed by atoms with Gasteiger partial charge < -0.3 is 15.4 Å². The SMILES string of the molecule is COc1ccccc1NCC(=O)Nc1c(C)cccc1C(C)C. The van der Waals surface area contributed by atoms with Crippen LogP contribution in [0.2, 0.25) is 0 Å². The maximum absolute atomic E-state index is 12.3. The van der Waals surface area contributed by atoms with Crippen LogP contribution in [0.4, 0.5) is 11.4 Å².